The molecule has 0 bridgehead atoms. The Balaban J connectivity index is 1.80. The van der Waals surface area contributed by atoms with E-state index in [0.717, 1.165) is 10.9 Å². The minimum absolute atomic E-state index is 0.00467. The Kier molecular flexibility index (Phi) is 5.93. The number of anilines is 1. The first kappa shape index (κ1) is 22.5. The van der Waals surface area contributed by atoms with Crippen LogP contribution in [-0.4, -0.2) is 39.3 Å². The van der Waals surface area contributed by atoms with Crippen LogP contribution in [0.1, 0.15) is 25.0 Å². The van der Waals surface area contributed by atoms with Crippen molar-refractivity contribution in [3.8, 4) is 5.88 Å². The molecule has 168 valence electrons. The molecule has 0 radical (unpaired) electrons. The second kappa shape index (κ2) is 8.69. The van der Waals surface area contributed by atoms with E-state index in [2.05, 4.69) is 9.97 Å². The van der Waals surface area contributed by atoms with Crippen LogP contribution in [0.2, 0.25) is 5.02 Å². The number of carbonyl (C=O) groups is 1. The molecule has 4 N–H and O–H groups in total. The number of nitrogens with one attached hydrogen (secondary N) is 1. The van der Waals surface area contributed by atoms with E-state index in [-0.39, 0.29) is 11.8 Å². The van der Waals surface area contributed by atoms with Crippen molar-refractivity contribution in [1.29, 1.82) is 0 Å². The lowest BCUT2D eigenvalue weighted by molar-refractivity contribution is -0.122. The number of fused-ring (bicyclic) bond motifs is 1. The zero-order valence-electron chi connectivity index (χ0n) is 18.5. The quantitative estimate of drug-likeness (QED) is 0.371. The molecule has 4 aromatic rings. The molecule has 7 nitrogen and oxygen atoms in total. The summed E-state index contributed by atoms with van der Waals surface area (Å²) in [6.45, 7) is 3.35. The van der Waals surface area contributed by atoms with Gasteiger partial charge in [-0.15, -0.1) is 0 Å². The lowest BCUT2D eigenvalue weighted by Crippen LogP contribution is -2.49. The van der Waals surface area contributed by atoms with Crippen LogP contribution < -0.4 is 10.6 Å². The fraction of sp³-hybridized carbons (Fsp3) is 0.160. The van der Waals surface area contributed by atoms with Crippen molar-refractivity contribution in [3.05, 3.63) is 83.1 Å². The van der Waals surface area contributed by atoms with Gasteiger partial charge in [0.05, 0.1) is 28.0 Å². The molecule has 0 aliphatic carbocycles. The number of rotatable bonds is 5. The number of carbonyl (C=O) groups excluding carboxylic acids is 1. The first-order valence-corrected chi connectivity index (χ1v) is 10.7. The summed E-state index contributed by atoms with van der Waals surface area (Å²) in [5, 5.41) is 12.1. The van der Waals surface area contributed by atoms with Gasteiger partial charge >= 0.3 is 0 Å². The van der Waals surface area contributed by atoms with Crippen LogP contribution in [-0.2, 0) is 4.79 Å². The Morgan fingerprint density at radius 2 is 1.79 bits per heavy atom. The standard InChI is InChI=1S/C25H24ClN5O2/c1-25(2,27)24(33)31(3)18-7-5-17(6-8-18)29-22(15-10-12-28-13-11-15)21-19-9-4-16(26)14-20(19)30-23(21)32/h4-14,30,32H,27H2,1-3H3. The molecule has 2 heterocycles. The van der Waals surface area contributed by atoms with Crippen molar-refractivity contribution in [3.63, 3.8) is 0 Å². The monoisotopic (exact) mass is 461 g/mol. The summed E-state index contributed by atoms with van der Waals surface area (Å²) < 4.78 is 0. The summed E-state index contributed by atoms with van der Waals surface area (Å²) in [7, 11) is 1.69. The van der Waals surface area contributed by atoms with Gasteiger partial charge in [0.1, 0.15) is 0 Å². The van der Waals surface area contributed by atoms with Crippen molar-refractivity contribution in [1.82, 2.24) is 9.97 Å². The number of aliphatic imine (C=N–C) groups is 1. The number of nitrogens with two attached hydrogens (primary N) is 1. The average Bonchev–Trinajstić information content (AvgIpc) is 3.11. The van der Waals surface area contributed by atoms with Crippen molar-refractivity contribution < 1.29 is 9.90 Å². The molecule has 2 aromatic heterocycles. The van der Waals surface area contributed by atoms with Gasteiger partial charge in [-0.2, -0.15) is 0 Å². The summed E-state index contributed by atoms with van der Waals surface area (Å²) in [6, 6.07) is 16.3. The van der Waals surface area contributed by atoms with Crippen LogP contribution in [0, 0.1) is 0 Å². The molecule has 1 amide bonds. The number of likely N-dealkylation sites (N-methyl/N-ethyl adjacent to an activating group) is 1. The van der Waals surface area contributed by atoms with Gasteiger partial charge in [0, 0.05) is 41.1 Å². The van der Waals surface area contributed by atoms with E-state index in [0.29, 0.717) is 33.2 Å². The molecule has 0 aliphatic rings. The van der Waals surface area contributed by atoms with Gasteiger partial charge in [-0.1, -0.05) is 17.7 Å². The second-order valence-corrected chi connectivity index (χ2v) is 8.77. The third-order valence-electron chi connectivity index (χ3n) is 5.27. The van der Waals surface area contributed by atoms with Crippen LogP contribution in [0.5, 0.6) is 5.88 Å². The van der Waals surface area contributed by atoms with Crippen LogP contribution in [0.25, 0.3) is 10.9 Å². The Hall–Kier alpha value is -3.68. The minimum atomic E-state index is -0.976. The number of halogens is 1. The van der Waals surface area contributed by atoms with Gasteiger partial charge < -0.3 is 20.7 Å². The maximum absolute atomic E-state index is 12.5. The zero-order valence-corrected chi connectivity index (χ0v) is 19.3. The number of aromatic amines is 1. The summed E-state index contributed by atoms with van der Waals surface area (Å²) in [5.74, 6) is -0.200. The fourth-order valence-electron chi connectivity index (χ4n) is 3.60. The number of pyridine rings is 1. The minimum Gasteiger partial charge on any atom is -0.494 e. The van der Waals surface area contributed by atoms with E-state index in [1.165, 1.54) is 4.90 Å². The highest BCUT2D eigenvalue weighted by Crippen LogP contribution is 2.33. The molecule has 8 heteroatoms. The molecule has 0 saturated heterocycles. The maximum atomic E-state index is 12.5. The Morgan fingerprint density at radius 1 is 1.12 bits per heavy atom. The third kappa shape index (κ3) is 4.60. The van der Waals surface area contributed by atoms with Crippen molar-refractivity contribution >= 4 is 45.5 Å². The van der Waals surface area contributed by atoms with Crippen molar-refractivity contribution in [2.24, 2.45) is 10.7 Å². The number of hydrogen-bond acceptors (Lipinski definition) is 5. The number of benzene rings is 2. The normalized spacial score (nSPS) is 12.2. The topological polar surface area (TPSA) is 108 Å². The lowest BCUT2D eigenvalue weighted by atomic mass is 10.0. The first-order chi connectivity index (χ1) is 15.6. The third-order valence-corrected chi connectivity index (χ3v) is 5.50. The van der Waals surface area contributed by atoms with E-state index in [9.17, 15) is 9.90 Å². The molecule has 0 aliphatic heterocycles. The molecule has 0 spiro atoms. The Labute approximate surface area is 196 Å². The predicted molar refractivity (Wildman–Crippen MR) is 133 cm³/mol. The maximum Gasteiger partial charge on any atom is 0.246 e. The Morgan fingerprint density at radius 3 is 2.42 bits per heavy atom. The van der Waals surface area contributed by atoms with Gasteiger partial charge in [-0.3, -0.25) is 9.78 Å². The second-order valence-electron chi connectivity index (χ2n) is 8.34. The lowest BCUT2D eigenvalue weighted by Gasteiger charge is -2.25. The molecule has 0 fully saturated rings. The van der Waals surface area contributed by atoms with Crippen molar-refractivity contribution in [2.75, 3.05) is 11.9 Å². The highest BCUT2D eigenvalue weighted by molar-refractivity contribution is 6.31. The van der Waals surface area contributed by atoms with E-state index in [4.69, 9.17) is 22.3 Å². The average molecular weight is 462 g/mol. The van der Waals surface area contributed by atoms with Crippen LogP contribution >= 0.6 is 11.6 Å². The number of aromatic hydroxyl groups is 1. The summed E-state index contributed by atoms with van der Waals surface area (Å²) in [5.41, 5.74) is 8.96. The van der Waals surface area contributed by atoms with Gasteiger partial charge in [-0.05, 0) is 62.4 Å². The number of nitrogens with zero attached hydrogens (tertiary/aromatic N) is 3. The van der Waals surface area contributed by atoms with Crippen molar-refractivity contribution in [2.45, 2.75) is 19.4 Å². The molecule has 4 rings (SSSR count). The fourth-order valence-corrected chi connectivity index (χ4v) is 3.77. The zero-order chi connectivity index (χ0) is 23.8. The SMILES string of the molecule is CN(C(=O)C(C)(C)N)c1ccc(N=C(c2ccncc2)c2c(O)[nH]c3cc(Cl)ccc23)cc1. The van der Waals surface area contributed by atoms with E-state index in [1.54, 1.807) is 45.4 Å². The molecule has 0 unspecified atom stereocenters. The number of H-pyrrole nitrogens is 1. The molecular formula is C25H24ClN5O2. The number of aromatic nitrogens is 2. The summed E-state index contributed by atoms with van der Waals surface area (Å²) >= 11 is 6.12. The van der Waals surface area contributed by atoms with Gasteiger partial charge in [0.25, 0.3) is 0 Å². The van der Waals surface area contributed by atoms with Gasteiger partial charge in [0.15, 0.2) is 5.88 Å². The highest BCUT2D eigenvalue weighted by atomic mass is 35.5. The smallest absolute Gasteiger partial charge is 0.246 e. The van der Waals surface area contributed by atoms with E-state index >= 15 is 0 Å². The summed E-state index contributed by atoms with van der Waals surface area (Å²) in [6.07, 6.45) is 3.34. The molecule has 0 atom stereocenters. The first-order valence-electron chi connectivity index (χ1n) is 10.3. The van der Waals surface area contributed by atoms with E-state index < -0.39 is 5.54 Å². The molecule has 33 heavy (non-hydrogen) atoms. The highest BCUT2D eigenvalue weighted by Gasteiger charge is 2.26. The predicted octanol–water partition coefficient (Wildman–Crippen LogP) is 4.79. The van der Waals surface area contributed by atoms with E-state index in [1.807, 2.05) is 42.5 Å². The summed E-state index contributed by atoms with van der Waals surface area (Å²) in [4.78, 5) is 25.9. The Bertz CT molecular complexity index is 1340. The molecule has 2 aromatic carbocycles. The number of hydrogen-bond donors (Lipinski definition) is 3. The van der Waals surface area contributed by atoms with Gasteiger partial charge in [0.2, 0.25) is 5.91 Å². The molecular weight excluding hydrogens is 438 g/mol. The largest absolute Gasteiger partial charge is 0.494 e. The van der Waals surface area contributed by atoms with Gasteiger partial charge in [-0.25, -0.2) is 4.99 Å². The van der Waals surface area contributed by atoms with Crippen LogP contribution in [0.4, 0.5) is 11.4 Å². The number of amides is 1. The van der Waals surface area contributed by atoms with Crippen LogP contribution in [0.3, 0.4) is 0 Å². The van der Waals surface area contributed by atoms with Crippen LogP contribution in [0.15, 0.2) is 72.0 Å². The molecule has 0 saturated carbocycles.